The number of halogens is 1. The second-order valence-electron chi connectivity index (χ2n) is 4.71. The van der Waals surface area contributed by atoms with Gasteiger partial charge in [0.15, 0.2) is 0 Å². The molecule has 1 aromatic carbocycles. The second kappa shape index (κ2) is 6.20. The first-order valence-corrected chi connectivity index (χ1v) is 6.43. The van der Waals surface area contributed by atoms with E-state index in [9.17, 15) is 9.90 Å². The molecule has 4 nitrogen and oxygen atoms in total. The Morgan fingerprint density at radius 2 is 2.00 bits per heavy atom. The van der Waals surface area contributed by atoms with Crippen molar-refractivity contribution in [2.24, 2.45) is 0 Å². The van der Waals surface area contributed by atoms with Crippen LogP contribution >= 0.6 is 15.9 Å². The van der Waals surface area contributed by atoms with Crippen molar-refractivity contribution < 1.29 is 14.6 Å². The standard InChI is InChI=1S/C13H18BrNO3/c1-13(2,18-3)8-11(12(16)17)15-10-6-4-9(14)5-7-10/h4-7,11,15H,8H2,1-3H3,(H,16,17). The van der Waals surface area contributed by atoms with Crippen molar-refractivity contribution in [3.05, 3.63) is 28.7 Å². The average molecular weight is 316 g/mol. The number of aliphatic carboxylic acids is 1. The monoisotopic (exact) mass is 315 g/mol. The lowest BCUT2D eigenvalue weighted by molar-refractivity contribution is -0.139. The fourth-order valence-electron chi connectivity index (χ4n) is 1.52. The lowest BCUT2D eigenvalue weighted by Gasteiger charge is -2.27. The summed E-state index contributed by atoms with van der Waals surface area (Å²) in [4.78, 5) is 11.2. The van der Waals surface area contributed by atoms with Crippen molar-refractivity contribution in [3.63, 3.8) is 0 Å². The van der Waals surface area contributed by atoms with Crippen LogP contribution in [-0.4, -0.2) is 29.8 Å². The van der Waals surface area contributed by atoms with E-state index >= 15 is 0 Å². The molecule has 0 spiro atoms. The Bertz CT molecular complexity index is 403. The SMILES string of the molecule is COC(C)(C)CC(Nc1ccc(Br)cc1)C(=O)O. The Balaban J connectivity index is 2.75. The third kappa shape index (κ3) is 4.66. The van der Waals surface area contributed by atoms with Crippen LogP contribution in [0.2, 0.25) is 0 Å². The maximum absolute atomic E-state index is 11.2. The summed E-state index contributed by atoms with van der Waals surface area (Å²) in [6, 6.07) is 6.71. The molecule has 1 unspecified atom stereocenters. The van der Waals surface area contributed by atoms with Gasteiger partial charge < -0.3 is 15.2 Å². The molecule has 0 aliphatic rings. The molecule has 0 saturated heterocycles. The van der Waals surface area contributed by atoms with Gasteiger partial charge in [0.2, 0.25) is 0 Å². The molecule has 0 aliphatic heterocycles. The Morgan fingerprint density at radius 3 is 2.44 bits per heavy atom. The highest BCUT2D eigenvalue weighted by molar-refractivity contribution is 9.10. The quantitative estimate of drug-likeness (QED) is 0.846. The van der Waals surface area contributed by atoms with Gasteiger partial charge in [-0.25, -0.2) is 4.79 Å². The molecular weight excluding hydrogens is 298 g/mol. The van der Waals surface area contributed by atoms with Crippen LogP contribution < -0.4 is 5.32 Å². The van der Waals surface area contributed by atoms with E-state index in [2.05, 4.69) is 21.2 Å². The normalized spacial score (nSPS) is 13.1. The summed E-state index contributed by atoms with van der Waals surface area (Å²) in [7, 11) is 1.58. The third-order valence-corrected chi connectivity index (χ3v) is 3.26. The number of carboxylic acid groups (broad SMARTS) is 1. The molecule has 0 fully saturated rings. The van der Waals surface area contributed by atoms with Crippen LogP contribution in [0, 0.1) is 0 Å². The van der Waals surface area contributed by atoms with Gasteiger partial charge in [0.1, 0.15) is 6.04 Å². The van der Waals surface area contributed by atoms with Crippen molar-refractivity contribution >= 4 is 27.6 Å². The van der Waals surface area contributed by atoms with Crippen molar-refractivity contribution in [2.75, 3.05) is 12.4 Å². The first-order chi connectivity index (χ1) is 8.34. The number of ether oxygens (including phenoxy) is 1. The van der Waals surface area contributed by atoms with Crippen LogP contribution in [0.15, 0.2) is 28.7 Å². The van der Waals surface area contributed by atoms with E-state index in [0.29, 0.717) is 6.42 Å². The van der Waals surface area contributed by atoms with Gasteiger partial charge in [0, 0.05) is 23.7 Å². The zero-order valence-electron chi connectivity index (χ0n) is 10.7. The van der Waals surface area contributed by atoms with Crippen molar-refractivity contribution in [2.45, 2.75) is 31.9 Å². The molecule has 0 amide bonds. The number of hydrogen-bond acceptors (Lipinski definition) is 3. The largest absolute Gasteiger partial charge is 0.480 e. The van der Waals surface area contributed by atoms with Gasteiger partial charge in [-0.05, 0) is 38.1 Å². The molecule has 0 radical (unpaired) electrons. The summed E-state index contributed by atoms with van der Waals surface area (Å²) in [5.41, 5.74) is 0.295. The summed E-state index contributed by atoms with van der Waals surface area (Å²) < 4.78 is 6.22. The highest BCUT2D eigenvalue weighted by Crippen LogP contribution is 2.20. The molecule has 2 N–H and O–H groups in total. The van der Waals surface area contributed by atoms with E-state index in [1.165, 1.54) is 0 Å². The second-order valence-corrected chi connectivity index (χ2v) is 5.63. The van der Waals surface area contributed by atoms with Crippen LogP contribution in [0.25, 0.3) is 0 Å². The summed E-state index contributed by atoms with van der Waals surface area (Å²) in [5.74, 6) is -0.886. The Hall–Kier alpha value is -1.07. The number of carboxylic acids is 1. The van der Waals surface area contributed by atoms with Crippen LogP contribution in [0.4, 0.5) is 5.69 Å². The predicted octanol–water partition coefficient (Wildman–Crippen LogP) is 3.13. The number of methoxy groups -OCH3 is 1. The van der Waals surface area contributed by atoms with E-state index in [1.807, 2.05) is 38.1 Å². The number of hydrogen-bond donors (Lipinski definition) is 2. The van der Waals surface area contributed by atoms with E-state index in [1.54, 1.807) is 7.11 Å². The molecule has 1 atom stereocenters. The number of anilines is 1. The maximum Gasteiger partial charge on any atom is 0.326 e. The Labute approximate surface area is 115 Å². The van der Waals surface area contributed by atoms with Crippen molar-refractivity contribution in [1.82, 2.24) is 0 Å². The highest BCUT2D eigenvalue weighted by atomic mass is 79.9. The molecular formula is C13H18BrNO3. The maximum atomic E-state index is 11.2. The van der Waals surface area contributed by atoms with Gasteiger partial charge in [-0.3, -0.25) is 0 Å². The highest BCUT2D eigenvalue weighted by Gasteiger charge is 2.27. The molecule has 100 valence electrons. The molecule has 1 aromatic rings. The van der Waals surface area contributed by atoms with Crippen LogP contribution in [0.5, 0.6) is 0 Å². The minimum absolute atomic E-state index is 0.384. The van der Waals surface area contributed by atoms with Crippen LogP contribution in [-0.2, 0) is 9.53 Å². The molecule has 0 aliphatic carbocycles. The summed E-state index contributed by atoms with van der Waals surface area (Å²) in [6.45, 7) is 3.73. The first-order valence-electron chi connectivity index (χ1n) is 5.64. The van der Waals surface area contributed by atoms with Crippen molar-refractivity contribution in [3.8, 4) is 0 Å². The van der Waals surface area contributed by atoms with Gasteiger partial charge in [0.25, 0.3) is 0 Å². The lowest BCUT2D eigenvalue weighted by Crippen LogP contribution is -2.38. The first kappa shape index (κ1) is 15.0. The third-order valence-electron chi connectivity index (χ3n) is 2.73. The predicted molar refractivity (Wildman–Crippen MR) is 74.9 cm³/mol. The van der Waals surface area contributed by atoms with Crippen LogP contribution in [0.1, 0.15) is 20.3 Å². The molecule has 5 heteroatoms. The topological polar surface area (TPSA) is 58.6 Å². The molecule has 0 aromatic heterocycles. The van der Waals surface area contributed by atoms with Crippen molar-refractivity contribution in [1.29, 1.82) is 0 Å². The summed E-state index contributed by atoms with van der Waals surface area (Å²) in [6.07, 6.45) is 0.384. The number of rotatable bonds is 6. The lowest BCUT2D eigenvalue weighted by atomic mass is 9.98. The molecule has 0 heterocycles. The van der Waals surface area contributed by atoms with Gasteiger partial charge in [0.05, 0.1) is 5.60 Å². The fraction of sp³-hybridized carbons (Fsp3) is 0.462. The summed E-state index contributed by atoms with van der Waals surface area (Å²) >= 11 is 3.34. The number of nitrogens with one attached hydrogen (secondary N) is 1. The fourth-order valence-corrected chi connectivity index (χ4v) is 1.79. The smallest absolute Gasteiger partial charge is 0.326 e. The van der Waals surface area contributed by atoms with Crippen LogP contribution in [0.3, 0.4) is 0 Å². The van der Waals surface area contributed by atoms with Gasteiger partial charge in [-0.2, -0.15) is 0 Å². The van der Waals surface area contributed by atoms with Gasteiger partial charge in [-0.1, -0.05) is 15.9 Å². The number of benzene rings is 1. The average Bonchev–Trinajstić information content (AvgIpc) is 2.31. The zero-order chi connectivity index (χ0) is 13.8. The minimum atomic E-state index is -0.886. The molecule has 18 heavy (non-hydrogen) atoms. The van der Waals surface area contributed by atoms with E-state index in [-0.39, 0.29) is 0 Å². The molecule has 1 rings (SSSR count). The molecule has 0 saturated carbocycles. The Kier molecular flexibility index (Phi) is 5.16. The van der Waals surface area contributed by atoms with Gasteiger partial charge in [-0.15, -0.1) is 0 Å². The Morgan fingerprint density at radius 1 is 1.44 bits per heavy atom. The number of carbonyl (C=O) groups is 1. The zero-order valence-corrected chi connectivity index (χ0v) is 12.3. The molecule has 0 bridgehead atoms. The van der Waals surface area contributed by atoms with Gasteiger partial charge >= 0.3 is 5.97 Å². The van der Waals surface area contributed by atoms with E-state index in [4.69, 9.17) is 4.74 Å². The van der Waals surface area contributed by atoms with E-state index in [0.717, 1.165) is 10.2 Å². The van der Waals surface area contributed by atoms with E-state index < -0.39 is 17.6 Å². The minimum Gasteiger partial charge on any atom is -0.480 e. The summed E-state index contributed by atoms with van der Waals surface area (Å²) in [5, 5.41) is 12.2.